The molecule has 0 saturated heterocycles. The number of ether oxygens (including phenoxy) is 2. The quantitative estimate of drug-likeness (QED) is 0.169. The Bertz CT molecular complexity index is 2180. The number of nitrogens with zero attached hydrogens (tertiary/aromatic N) is 1. The summed E-state index contributed by atoms with van der Waals surface area (Å²) in [5.41, 5.74) is 6.61. The zero-order chi connectivity index (χ0) is 35.0. The van der Waals surface area contributed by atoms with Gasteiger partial charge in [-0.05, 0) is 118 Å². The lowest BCUT2D eigenvalue weighted by Crippen LogP contribution is -2.43. The summed E-state index contributed by atoms with van der Waals surface area (Å²) in [7, 11) is 1.85. The Balaban J connectivity index is 1.07. The normalized spacial score (nSPS) is 13.1. The molecule has 0 aliphatic carbocycles. The molecule has 0 bridgehead atoms. The van der Waals surface area contributed by atoms with Crippen LogP contribution in [-0.4, -0.2) is 28.1 Å². The number of amides is 1. The SMILES string of the molecule is CN1C(=O)c2ccccc2C1(c1ccc(Oc2ccc(-c3ccc(O)cc3)cc2)cc1)c1ccc(Oc2ccc(-c3ccc(O)cc3)cc2)cc1. The van der Waals surface area contributed by atoms with Crippen molar-refractivity contribution in [2.45, 2.75) is 5.54 Å². The Morgan fingerprint density at radius 1 is 0.451 bits per heavy atom. The minimum atomic E-state index is -0.873. The number of carbonyl (C=O) groups excluding carboxylic acids is 1. The van der Waals surface area contributed by atoms with Gasteiger partial charge in [-0.3, -0.25) is 4.79 Å². The third kappa shape index (κ3) is 5.83. The van der Waals surface area contributed by atoms with Crippen LogP contribution in [-0.2, 0) is 5.54 Å². The number of aromatic hydroxyl groups is 2. The molecule has 7 aromatic rings. The molecule has 0 aromatic heterocycles. The highest BCUT2D eigenvalue weighted by molar-refractivity contribution is 6.01. The molecule has 6 nitrogen and oxygen atoms in total. The topological polar surface area (TPSA) is 79.2 Å². The van der Waals surface area contributed by atoms with E-state index < -0.39 is 5.54 Å². The van der Waals surface area contributed by atoms with Gasteiger partial charge in [0, 0.05) is 12.6 Å². The van der Waals surface area contributed by atoms with Gasteiger partial charge in [0.05, 0.1) is 0 Å². The Hall–Kier alpha value is -6.79. The van der Waals surface area contributed by atoms with E-state index in [1.54, 1.807) is 24.3 Å². The fourth-order valence-electron chi connectivity index (χ4n) is 6.90. The molecule has 2 N–H and O–H groups in total. The molecule has 6 heteroatoms. The van der Waals surface area contributed by atoms with E-state index in [1.165, 1.54) is 0 Å². The maximum Gasteiger partial charge on any atom is 0.255 e. The van der Waals surface area contributed by atoms with E-state index in [0.29, 0.717) is 28.6 Å². The van der Waals surface area contributed by atoms with E-state index in [1.807, 2.05) is 158 Å². The van der Waals surface area contributed by atoms with E-state index in [0.717, 1.165) is 38.9 Å². The molecule has 0 atom stereocenters. The van der Waals surface area contributed by atoms with Gasteiger partial charge in [0.2, 0.25) is 0 Å². The van der Waals surface area contributed by atoms with Crippen LogP contribution in [0.3, 0.4) is 0 Å². The lowest BCUT2D eigenvalue weighted by Gasteiger charge is -2.38. The van der Waals surface area contributed by atoms with Gasteiger partial charge >= 0.3 is 0 Å². The van der Waals surface area contributed by atoms with E-state index in [2.05, 4.69) is 0 Å². The number of benzene rings is 7. The summed E-state index contributed by atoms with van der Waals surface area (Å²) in [6.07, 6.45) is 0. The first-order valence-electron chi connectivity index (χ1n) is 16.6. The first-order valence-corrected chi connectivity index (χ1v) is 16.6. The van der Waals surface area contributed by atoms with Crippen LogP contribution in [0, 0.1) is 0 Å². The molecule has 1 aliphatic rings. The van der Waals surface area contributed by atoms with Crippen LogP contribution in [0.4, 0.5) is 0 Å². The summed E-state index contributed by atoms with van der Waals surface area (Å²) >= 11 is 0. The van der Waals surface area contributed by atoms with Gasteiger partial charge in [0.1, 0.15) is 40.0 Å². The van der Waals surface area contributed by atoms with Crippen molar-refractivity contribution in [1.29, 1.82) is 0 Å². The third-order valence-electron chi connectivity index (χ3n) is 9.48. The first kappa shape index (κ1) is 31.5. The third-order valence-corrected chi connectivity index (χ3v) is 9.48. The molecule has 248 valence electrons. The van der Waals surface area contributed by atoms with Gasteiger partial charge in [0.15, 0.2) is 0 Å². The summed E-state index contributed by atoms with van der Waals surface area (Å²) in [5, 5.41) is 19.2. The highest BCUT2D eigenvalue weighted by Gasteiger charge is 2.50. The molecular weight excluding hydrogens is 634 g/mol. The lowest BCUT2D eigenvalue weighted by molar-refractivity contribution is 0.0736. The fraction of sp³-hybridized carbons (Fsp3) is 0.0444. The van der Waals surface area contributed by atoms with Gasteiger partial charge in [-0.2, -0.15) is 0 Å². The Labute approximate surface area is 296 Å². The summed E-state index contributed by atoms with van der Waals surface area (Å²) in [4.78, 5) is 15.5. The Morgan fingerprint density at radius 2 is 0.784 bits per heavy atom. The van der Waals surface area contributed by atoms with Crippen LogP contribution in [0.5, 0.6) is 34.5 Å². The molecule has 0 spiro atoms. The average molecular weight is 668 g/mol. The monoisotopic (exact) mass is 667 g/mol. The molecular formula is C45H33NO5. The molecule has 1 amide bonds. The standard InChI is InChI=1S/C45H33NO5/c1-46-44(49)42-4-2-3-5-43(42)45(46,34-14-26-40(27-15-34)50-38-22-10-32(11-23-38)30-6-18-36(47)19-7-30)35-16-28-41(29-17-35)51-39-24-12-33(13-25-39)31-8-20-37(48)21-9-31/h2-29,47-48H,1H3. The van der Waals surface area contributed by atoms with E-state index >= 15 is 0 Å². The van der Waals surface area contributed by atoms with Gasteiger partial charge in [-0.15, -0.1) is 0 Å². The number of phenols is 2. The van der Waals surface area contributed by atoms with Crippen molar-refractivity contribution in [3.05, 3.63) is 192 Å². The number of rotatable bonds is 8. The first-order chi connectivity index (χ1) is 24.9. The largest absolute Gasteiger partial charge is 0.508 e. The van der Waals surface area contributed by atoms with Crippen molar-refractivity contribution in [3.8, 4) is 56.8 Å². The van der Waals surface area contributed by atoms with Crippen LogP contribution in [0.1, 0.15) is 27.0 Å². The molecule has 0 saturated carbocycles. The number of hydrogen-bond donors (Lipinski definition) is 2. The molecule has 7 aromatic carbocycles. The van der Waals surface area contributed by atoms with Crippen LogP contribution in [0.2, 0.25) is 0 Å². The van der Waals surface area contributed by atoms with Crippen LogP contribution < -0.4 is 9.47 Å². The van der Waals surface area contributed by atoms with E-state index in [4.69, 9.17) is 9.47 Å². The van der Waals surface area contributed by atoms with Crippen LogP contribution >= 0.6 is 0 Å². The minimum absolute atomic E-state index is 0.0475. The minimum Gasteiger partial charge on any atom is -0.508 e. The molecule has 0 radical (unpaired) electrons. The molecule has 1 aliphatic heterocycles. The van der Waals surface area contributed by atoms with Crippen molar-refractivity contribution in [2.75, 3.05) is 7.05 Å². The number of phenolic OH excluding ortho intramolecular Hbond substituents is 2. The van der Waals surface area contributed by atoms with Crippen molar-refractivity contribution in [1.82, 2.24) is 4.90 Å². The molecule has 0 fully saturated rings. The molecule has 0 unspecified atom stereocenters. The highest BCUT2D eigenvalue weighted by Crippen LogP contribution is 2.49. The van der Waals surface area contributed by atoms with Crippen molar-refractivity contribution >= 4 is 5.91 Å². The summed E-state index contributed by atoms with van der Waals surface area (Å²) < 4.78 is 12.4. The molecule has 51 heavy (non-hydrogen) atoms. The highest BCUT2D eigenvalue weighted by atomic mass is 16.5. The molecule has 8 rings (SSSR count). The predicted molar refractivity (Wildman–Crippen MR) is 199 cm³/mol. The second kappa shape index (κ2) is 12.9. The lowest BCUT2D eigenvalue weighted by atomic mass is 9.77. The van der Waals surface area contributed by atoms with Gasteiger partial charge < -0.3 is 24.6 Å². The number of hydrogen-bond acceptors (Lipinski definition) is 5. The second-order valence-corrected chi connectivity index (χ2v) is 12.5. The maximum atomic E-state index is 13.7. The number of fused-ring (bicyclic) bond motifs is 1. The zero-order valence-corrected chi connectivity index (χ0v) is 27.7. The van der Waals surface area contributed by atoms with E-state index in [9.17, 15) is 15.0 Å². The Morgan fingerprint density at radius 3 is 1.18 bits per heavy atom. The zero-order valence-electron chi connectivity index (χ0n) is 27.7. The van der Waals surface area contributed by atoms with Crippen molar-refractivity contribution in [2.24, 2.45) is 0 Å². The average Bonchev–Trinajstić information content (AvgIpc) is 3.40. The second-order valence-electron chi connectivity index (χ2n) is 12.5. The maximum absolute atomic E-state index is 13.7. The number of carbonyl (C=O) groups is 1. The van der Waals surface area contributed by atoms with Gasteiger partial charge in [0.25, 0.3) is 5.91 Å². The van der Waals surface area contributed by atoms with Crippen molar-refractivity contribution in [3.63, 3.8) is 0 Å². The van der Waals surface area contributed by atoms with Crippen LogP contribution in [0.25, 0.3) is 22.3 Å². The molecule has 1 heterocycles. The smallest absolute Gasteiger partial charge is 0.255 e. The van der Waals surface area contributed by atoms with Crippen molar-refractivity contribution < 1.29 is 24.5 Å². The summed E-state index contributed by atoms with van der Waals surface area (Å²) in [6.45, 7) is 0. The van der Waals surface area contributed by atoms with Crippen LogP contribution in [0.15, 0.2) is 170 Å². The summed E-state index contributed by atoms with van der Waals surface area (Å²) in [6, 6.07) is 53.4. The fourth-order valence-corrected chi connectivity index (χ4v) is 6.90. The summed E-state index contributed by atoms with van der Waals surface area (Å²) in [5.74, 6) is 3.16. The van der Waals surface area contributed by atoms with E-state index in [-0.39, 0.29) is 17.4 Å². The Kier molecular flexibility index (Phi) is 7.97. The predicted octanol–water partition coefficient (Wildman–Crippen LogP) is 10.4. The van der Waals surface area contributed by atoms with Gasteiger partial charge in [-0.1, -0.05) is 91.0 Å². The van der Waals surface area contributed by atoms with Gasteiger partial charge in [-0.25, -0.2) is 0 Å².